The molecule has 0 unspecified atom stereocenters. The van der Waals surface area contributed by atoms with E-state index in [-0.39, 0.29) is 12.3 Å². The van der Waals surface area contributed by atoms with Crippen molar-refractivity contribution >= 4 is 17.3 Å². The van der Waals surface area contributed by atoms with Crippen LogP contribution in [0.5, 0.6) is 0 Å². The van der Waals surface area contributed by atoms with Crippen molar-refractivity contribution in [2.75, 3.05) is 23.3 Å². The van der Waals surface area contributed by atoms with Crippen molar-refractivity contribution in [2.45, 2.75) is 57.0 Å². The van der Waals surface area contributed by atoms with Crippen molar-refractivity contribution in [2.24, 2.45) is 0 Å². The van der Waals surface area contributed by atoms with Gasteiger partial charge in [0.25, 0.3) is 0 Å². The molecule has 1 aliphatic carbocycles. The number of anilines is 2. The van der Waals surface area contributed by atoms with Crippen LogP contribution in [-0.2, 0) is 4.79 Å². The first-order chi connectivity index (χ1) is 10.7. The smallest absolute Gasteiger partial charge is 0.227 e. The van der Waals surface area contributed by atoms with E-state index in [0.29, 0.717) is 0 Å². The molecule has 0 bridgehead atoms. The average molecular weight is 302 g/mol. The molecule has 3 rings (SSSR count). The summed E-state index contributed by atoms with van der Waals surface area (Å²) in [5.41, 5.74) is 1.19. The minimum atomic E-state index is -0.788. The predicted molar refractivity (Wildman–Crippen MR) is 89.2 cm³/mol. The molecule has 0 spiro atoms. The first-order valence-corrected chi connectivity index (χ1v) is 8.53. The van der Waals surface area contributed by atoms with Crippen molar-refractivity contribution in [1.29, 1.82) is 0 Å². The Morgan fingerprint density at radius 1 is 1.09 bits per heavy atom. The van der Waals surface area contributed by atoms with Crippen LogP contribution in [0.3, 0.4) is 0 Å². The van der Waals surface area contributed by atoms with Crippen LogP contribution >= 0.6 is 0 Å². The molecule has 4 nitrogen and oxygen atoms in total. The number of piperidine rings is 1. The molecule has 4 heteroatoms. The molecule has 1 saturated heterocycles. The molecule has 2 fully saturated rings. The molecule has 2 N–H and O–H groups in total. The summed E-state index contributed by atoms with van der Waals surface area (Å²) in [5, 5.41) is 13.4. The van der Waals surface area contributed by atoms with E-state index in [1.165, 1.54) is 19.3 Å². The monoisotopic (exact) mass is 302 g/mol. The first-order valence-electron chi connectivity index (χ1n) is 8.53. The zero-order chi connectivity index (χ0) is 15.4. The minimum Gasteiger partial charge on any atom is -0.389 e. The average Bonchev–Trinajstić information content (AvgIpc) is 2.94. The Morgan fingerprint density at radius 3 is 2.50 bits per heavy atom. The van der Waals surface area contributed by atoms with Crippen LogP contribution < -0.4 is 10.2 Å². The van der Waals surface area contributed by atoms with Gasteiger partial charge in [0.2, 0.25) is 5.91 Å². The third kappa shape index (κ3) is 3.61. The van der Waals surface area contributed by atoms with Gasteiger partial charge in [-0.05, 0) is 44.2 Å². The molecule has 2 aliphatic rings. The van der Waals surface area contributed by atoms with Crippen molar-refractivity contribution in [3.63, 3.8) is 0 Å². The predicted octanol–water partition coefficient (Wildman–Crippen LogP) is 3.31. The second kappa shape index (κ2) is 6.69. The molecular weight excluding hydrogens is 276 g/mol. The van der Waals surface area contributed by atoms with Crippen molar-refractivity contribution in [3.05, 3.63) is 24.3 Å². The Morgan fingerprint density at radius 2 is 1.77 bits per heavy atom. The van der Waals surface area contributed by atoms with Gasteiger partial charge in [-0.15, -0.1) is 0 Å². The topological polar surface area (TPSA) is 52.6 Å². The zero-order valence-corrected chi connectivity index (χ0v) is 13.2. The van der Waals surface area contributed by atoms with Gasteiger partial charge in [0, 0.05) is 13.1 Å². The standard InChI is InChI=1S/C18H26N2O2/c21-17(14-18(22)10-4-5-11-18)19-15-8-2-3-9-16(15)20-12-6-1-7-13-20/h2-3,8-9,22H,1,4-7,10-14H2,(H,19,21). The van der Waals surface area contributed by atoms with Gasteiger partial charge >= 0.3 is 0 Å². The third-order valence-corrected chi connectivity index (χ3v) is 4.90. The number of carbonyl (C=O) groups excluding carboxylic acids is 1. The molecule has 1 amide bonds. The molecule has 22 heavy (non-hydrogen) atoms. The van der Waals surface area contributed by atoms with E-state index in [2.05, 4.69) is 16.3 Å². The number of nitrogens with one attached hydrogen (secondary N) is 1. The Labute approximate surface area is 132 Å². The molecule has 1 heterocycles. The highest BCUT2D eigenvalue weighted by Crippen LogP contribution is 2.33. The van der Waals surface area contributed by atoms with Gasteiger partial charge in [-0.3, -0.25) is 4.79 Å². The Balaban J connectivity index is 1.67. The van der Waals surface area contributed by atoms with Gasteiger partial charge in [0.1, 0.15) is 0 Å². The quantitative estimate of drug-likeness (QED) is 0.897. The third-order valence-electron chi connectivity index (χ3n) is 4.90. The van der Waals surface area contributed by atoms with Crippen LogP contribution in [-0.4, -0.2) is 29.7 Å². The van der Waals surface area contributed by atoms with E-state index in [1.807, 2.05) is 18.2 Å². The lowest BCUT2D eigenvalue weighted by molar-refractivity contribution is -0.120. The van der Waals surface area contributed by atoms with Crippen LogP contribution in [0.4, 0.5) is 11.4 Å². The number of hydrogen-bond donors (Lipinski definition) is 2. The minimum absolute atomic E-state index is 0.0751. The van der Waals surface area contributed by atoms with Gasteiger partial charge in [-0.1, -0.05) is 25.0 Å². The van der Waals surface area contributed by atoms with E-state index in [4.69, 9.17) is 0 Å². The van der Waals surface area contributed by atoms with Crippen molar-refractivity contribution in [1.82, 2.24) is 0 Å². The van der Waals surface area contributed by atoms with Crippen molar-refractivity contribution < 1.29 is 9.90 Å². The lowest BCUT2D eigenvalue weighted by atomic mass is 9.97. The van der Waals surface area contributed by atoms with Crippen LogP contribution in [0.25, 0.3) is 0 Å². The number of hydrogen-bond acceptors (Lipinski definition) is 3. The lowest BCUT2D eigenvalue weighted by Gasteiger charge is -2.30. The lowest BCUT2D eigenvalue weighted by Crippen LogP contribution is -2.32. The fourth-order valence-electron chi connectivity index (χ4n) is 3.69. The van der Waals surface area contributed by atoms with Crippen molar-refractivity contribution in [3.8, 4) is 0 Å². The molecule has 0 atom stereocenters. The number of rotatable bonds is 4. The molecule has 0 radical (unpaired) electrons. The molecule has 0 aromatic heterocycles. The van der Waals surface area contributed by atoms with Gasteiger partial charge in [-0.2, -0.15) is 0 Å². The normalized spacial score (nSPS) is 20.9. The van der Waals surface area contributed by atoms with Gasteiger partial charge in [0.15, 0.2) is 0 Å². The summed E-state index contributed by atoms with van der Waals surface area (Å²) in [6.07, 6.45) is 7.45. The number of aliphatic hydroxyl groups is 1. The van der Waals surface area contributed by atoms with Crippen LogP contribution in [0.2, 0.25) is 0 Å². The van der Waals surface area contributed by atoms with E-state index >= 15 is 0 Å². The molecule has 1 aromatic rings. The van der Waals surface area contributed by atoms with Gasteiger partial charge < -0.3 is 15.3 Å². The highest BCUT2D eigenvalue weighted by molar-refractivity contribution is 5.95. The molecular formula is C18H26N2O2. The summed E-state index contributed by atoms with van der Waals surface area (Å²) in [4.78, 5) is 14.7. The molecule has 120 valence electrons. The number of amides is 1. The fourth-order valence-corrected chi connectivity index (χ4v) is 3.69. The van der Waals surface area contributed by atoms with E-state index in [9.17, 15) is 9.90 Å². The Hall–Kier alpha value is -1.55. The summed E-state index contributed by atoms with van der Waals surface area (Å²) in [6, 6.07) is 8.00. The summed E-state index contributed by atoms with van der Waals surface area (Å²) in [7, 11) is 0. The summed E-state index contributed by atoms with van der Waals surface area (Å²) < 4.78 is 0. The zero-order valence-electron chi connectivity index (χ0n) is 13.2. The second-order valence-electron chi connectivity index (χ2n) is 6.72. The Kier molecular flexibility index (Phi) is 4.67. The maximum Gasteiger partial charge on any atom is 0.227 e. The first kappa shape index (κ1) is 15.3. The summed E-state index contributed by atoms with van der Waals surface area (Å²) in [6.45, 7) is 2.10. The fraction of sp³-hybridized carbons (Fsp3) is 0.611. The van der Waals surface area contributed by atoms with Crippen LogP contribution in [0.1, 0.15) is 51.4 Å². The molecule has 1 aliphatic heterocycles. The highest BCUT2D eigenvalue weighted by atomic mass is 16.3. The van der Waals surface area contributed by atoms with E-state index in [1.54, 1.807) is 0 Å². The second-order valence-corrected chi connectivity index (χ2v) is 6.72. The number of benzene rings is 1. The van der Waals surface area contributed by atoms with Crippen LogP contribution in [0, 0.1) is 0 Å². The highest BCUT2D eigenvalue weighted by Gasteiger charge is 2.33. The summed E-state index contributed by atoms with van der Waals surface area (Å²) in [5.74, 6) is -0.0751. The van der Waals surface area contributed by atoms with Crippen LogP contribution in [0.15, 0.2) is 24.3 Å². The maximum atomic E-state index is 12.3. The van der Waals surface area contributed by atoms with E-state index in [0.717, 1.165) is 50.1 Å². The van der Waals surface area contributed by atoms with Gasteiger partial charge in [-0.25, -0.2) is 0 Å². The number of nitrogens with zero attached hydrogens (tertiary/aromatic N) is 1. The summed E-state index contributed by atoms with van der Waals surface area (Å²) >= 11 is 0. The number of para-hydroxylation sites is 2. The molecule has 1 saturated carbocycles. The Bertz CT molecular complexity index is 518. The number of carbonyl (C=O) groups is 1. The van der Waals surface area contributed by atoms with Gasteiger partial charge in [0.05, 0.1) is 23.4 Å². The maximum absolute atomic E-state index is 12.3. The van der Waals surface area contributed by atoms with E-state index < -0.39 is 5.60 Å². The largest absolute Gasteiger partial charge is 0.389 e. The SMILES string of the molecule is O=C(CC1(O)CCCC1)Nc1ccccc1N1CCCCC1. The molecule has 1 aromatic carbocycles.